The van der Waals surface area contributed by atoms with Gasteiger partial charge in [0.2, 0.25) is 0 Å². The molecule has 0 spiro atoms. The van der Waals surface area contributed by atoms with Gasteiger partial charge in [0.15, 0.2) is 0 Å². The van der Waals surface area contributed by atoms with Crippen molar-refractivity contribution in [1.29, 1.82) is 0 Å². The van der Waals surface area contributed by atoms with Gasteiger partial charge in [-0.15, -0.1) is 0 Å². The Balaban J connectivity index is 2.42. The highest BCUT2D eigenvalue weighted by molar-refractivity contribution is 6.46. The van der Waals surface area contributed by atoms with Crippen molar-refractivity contribution in [3.63, 3.8) is 0 Å². The lowest BCUT2D eigenvalue weighted by atomic mass is 9.96. The molecular weight excluding hydrogens is 330 g/mol. The number of carbonyl (C=O) groups excluding carboxylic acids is 2. The van der Waals surface area contributed by atoms with Crippen LogP contribution in [-0.4, -0.2) is 40.4 Å². The standard InChI is InChI=1S/C20H23N3O3/c1-11(2)17-15(12(3)26-21-17)18-16(19(24)20(25)22(4)5)13-9-7-8-10-14(13)23(18)6/h7-11H,1-6H3. The average Bonchev–Trinajstić information content (AvgIpc) is 3.11. The molecule has 6 nitrogen and oxygen atoms in total. The van der Waals surface area contributed by atoms with Crippen LogP contribution in [0, 0.1) is 6.92 Å². The van der Waals surface area contributed by atoms with Gasteiger partial charge in [0, 0.05) is 32.0 Å². The van der Waals surface area contributed by atoms with Crippen molar-refractivity contribution in [2.24, 2.45) is 7.05 Å². The van der Waals surface area contributed by atoms with Crippen molar-refractivity contribution in [2.45, 2.75) is 26.7 Å². The third kappa shape index (κ3) is 2.62. The lowest BCUT2D eigenvalue weighted by Gasteiger charge is -2.12. The summed E-state index contributed by atoms with van der Waals surface area (Å²) in [6.45, 7) is 5.87. The van der Waals surface area contributed by atoms with Crippen molar-refractivity contribution in [3.05, 3.63) is 41.3 Å². The van der Waals surface area contributed by atoms with Crippen molar-refractivity contribution in [3.8, 4) is 11.3 Å². The first-order valence-electron chi connectivity index (χ1n) is 8.55. The van der Waals surface area contributed by atoms with Gasteiger partial charge in [0.1, 0.15) is 5.76 Å². The molecular formula is C20H23N3O3. The maximum Gasteiger partial charge on any atom is 0.294 e. The zero-order valence-corrected chi connectivity index (χ0v) is 16.0. The second kappa shape index (κ2) is 6.44. The van der Waals surface area contributed by atoms with Gasteiger partial charge < -0.3 is 14.0 Å². The minimum absolute atomic E-state index is 0.118. The predicted molar refractivity (Wildman–Crippen MR) is 100 cm³/mol. The fourth-order valence-corrected chi connectivity index (χ4v) is 3.30. The highest BCUT2D eigenvalue weighted by atomic mass is 16.5. The summed E-state index contributed by atoms with van der Waals surface area (Å²) in [5, 5.41) is 4.94. The highest BCUT2D eigenvalue weighted by Gasteiger charge is 2.31. The number of likely N-dealkylation sites (N-methyl/N-ethyl adjacent to an activating group) is 1. The first-order chi connectivity index (χ1) is 12.3. The normalized spacial score (nSPS) is 11.3. The van der Waals surface area contributed by atoms with Crippen molar-refractivity contribution < 1.29 is 14.1 Å². The summed E-state index contributed by atoms with van der Waals surface area (Å²) in [4.78, 5) is 26.8. The Bertz CT molecular complexity index is 1010. The molecule has 0 aliphatic rings. The third-order valence-electron chi connectivity index (χ3n) is 4.61. The number of benzene rings is 1. The fraction of sp³-hybridized carbons (Fsp3) is 0.350. The Morgan fingerprint density at radius 2 is 1.85 bits per heavy atom. The van der Waals surface area contributed by atoms with E-state index in [1.54, 1.807) is 14.1 Å². The number of amides is 1. The molecule has 0 atom stereocenters. The van der Waals surface area contributed by atoms with Crippen LogP contribution in [0.5, 0.6) is 0 Å². The van der Waals surface area contributed by atoms with Crippen LogP contribution in [0.25, 0.3) is 22.2 Å². The van der Waals surface area contributed by atoms with Crippen LogP contribution >= 0.6 is 0 Å². The molecule has 0 aliphatic heterocycles. The Hall–Kier alpha value is -2.89. The number of aromatic nitrogens is 2. The number of nitrogens with zero attached hydrogens (tertiary/aromatic N) is 3. The molecule has 0 aliphatic carbocycles. The molecule has 1 aromatic carbocycles. The van der Waals surface area contributed by atoms with E-state index in [0.717, 1.165) is 22.2 Å². The molecule has 26 heavy (non-hydrogen) atoms. The van der Waals surface area contributed by atoms with Gasteiger partial charge in [-0.3, -0.25) is 9.59 Å². The van der Waals surface area contributed by atoms with E-state index in [2.05, 4.69) is 5.16 Å². The predicted octanol–water partition coefficient (Wildman–Crippen LogP) is 3.54. The van der Waals surface area contributed by atoms with Gasteiger partial charge in [0.05, 0.1) is 22.5 Å². The molecule has 6 heteroatoms. The van der Waals surface area contributed by atoms with Crippen LogP contribution in [0.4, 0.5) is 0 Å². The molecule has 136 valence electrons. The number of carbonyl (C=O) groups is 2. The number of ketones is 1. The number of aryl methyl sites for hydroxylation is 2. The number of fused-ring (bicyclic) bond motifs is 1. The summed E-state index contributed by atoms with van der Waals surface area (Å²) >= 11 is 0. The number of rotatable bonds is 4. The third-order valence-corrected chi connectivity index (χ3v) is 4.61. The minimum atomic E-state index is -0.553. The van der Waals surface area contributed by atoms with E-state index in [-0.39, 0.29) is 5.92 Å². The Morgan fingerprint density at radius 1 is 1.19 bits per heavy atom. The van der Waals surface area contributed by atoms with Crippen LogP contribution in [-0.2, 0) is 11.8 Å². The summed E-state index contributed by atoms with van der Waals surface area (Å²) < 4.78 is 7.38. The molecule has 0 saturated heterocycles. The van der Waals surface area contributed by atoms with Crippen LogP contribution in [0.3, 0.4) is 0 Å². The molecule has 3 aromatic rings. The molecule has 3 rings (SSSR count). The van der Waals surface area contributed by atoms with Crippen LogP contribution < -0.4 is 0 Å². The Labute approximate surface area is 152 Å². The van der Waals surface area contributed by atoms with Crippen molar-refractivity contribution in [2.75, 3.05) is 14.1 Å². The van der Waals surface area contributed by atoms with E-state index in [0.29, 0.717) is 17.0 Å². The molecule has 0 radical (unpaired) electrons. The monoisotopic (exact) mass is 353 g/mol. The Morgan fingerprint density at radius 3 is 2.46 bits per heavy atom. The quantitative estimate of drug-likeness (QED) is 0.531. The fourth-order valence-electron chi connectivity index (χ4n) is 3.30. The van der Waals surface area contributed by atoms with Crippen molar-refractivity contribution >= 4 is 22.6 Å². The lowest BCUT2D eigenvalue weighted by Crippen LogP contribution is -2.30. The first kappa shape index (κ1) is 17.9. The van der Waals surface area contributed by atoms with E-state index < -0.39 is 11.7 Å². The zero-order chi connectivity index (χ0) is 19.2. The SMILES string of the molecule is Cc1onc(C(C)C)c1-c1c(C(=O)C(=O)N(C)C)c2ccccc2n1C. The molecule has 0 unspecified atom stereocenters. The summed E-state index contributed by atoms with van der Waals surface area (Å²) in [6.07, 6.45) is 0. The smallest absolute Gasteiger partial charge is 0.294 e. The van der Waals surface area contributed by atoms with Crippen LogP contribution in [0.15, 0.2) is 28.8 Å². The molecule has 0 saturated carbocycles. The second-order valence-corrected chi connectivity index (χ2v) is 6.98. The van der Waals surface area contributed by atoms with E-state index in [4.69, 9.17) is 4.52 Å². The topological polar surface area (TPSA) is 68.3 Å². The second-order valence-electron chi connectivity index (χ2n) is 6.98. The molecule has 2 heterocycles. The molecule has 0 fully saturated rings. The molecule has 2 aromatic heterocycles. The van der Waals surface area contributed by atoms with Gasteiger partial charge in [-0.1, -0.05) is 37.2 Å². The summed E-state index contributed by atoms with van der Waals surface area (Å²) in [6, 6.07) is 7.59. The van der Waals surface area contributed by atoms with Gasteiger partial charge in [-0.05, 0) is 18.9 Å². The van der Waals surface area contributed by atoms with Crippen LogP contribution in [0.2, 0.25) is 0 Å². The van der Waals surface area contributed by atoms with E-state index >= 15 is 0 Å². The van der Waals surface area contributed by atoms with Crippen LogP contribution in [0.1, 0.15) is 41.6 Å². The zero-order valence-electron chi connectivity index (χ0n) is 16.0. The number of Topliss-reactive ketones (excluding diaryl/α,β-unsaturated/α-hetero) is 1. The van der Waals surface area contributed by atoms with Crippen molar-refractivity contribution in [1.82, 2.24) is 14.6 Å². The lowest BCUT2D eigenvalue weighted by molar-refractivity contribution is -0.124. The summed E-state index contributed by atoms with van der Waals surface area (Å²) in [7, 11) is 5.05. The Kier molecular flexibility index (Phi) is 4.44. The average molecular weight is 353 g/mol. The van der Waals surface area contributed by atoms with Gasteiger partial charge in [0.25, 0.3) is 11.7 Å². The number of para-hydroxylation sites is 1. The summed E-state index contributed by atoms with van der Waals surface area (Å²) in [5.41, 5.74) is 3.52. The number of hydrogen-bond donors (Lipinski definition) is 0. The van der Waals surface area contributed by atoms with Gasteiger partial charge in [-0.25, -0.2) is 0 Å². The molecule has 1 amide bonds. The number of hydrogen-bond acceptors (Lipinski definition) is 4. The molecule has 0 bridgehead atoms. The molecule has 0 N–H and O–H groups in total. The maximum atomic E-state index is 13.1. The highest BCUT2D eigenvalue weighted by Crippen LogP contribution is 2.39. The van der Waals surface area contributed by atoms with E-state index in [1.165, 1.54) is 4.90 Å². The van der Waals surface area contributed by atoms with E-state index in [9.17, 15) is 9.59 Å². The largest absolute Gasteiger partial charge is 0.361 e. The first-order valence-corrected chi connectivity index (χ1v) is 8.55. The maximum absolute atomic E-state index is 13.1. The van der Waals surface area contributed by atoms with E-state index in [1.807, 2.05) is 56.7 Å². The van der Waals surface area contributed by atoms with Gasteiger partial charge >= 0.3 is 0 Å². The summed E-state index contributed by atoms with van der Waals surface area (Å²) in [5.74, 6) is -0.334. The van der Waals surface area contributed by atoms with Gasteiger partial charge in [-0.2, -0.15) is 0 Å². The minimum Gasteiger partial charge on any atom is -0.361 e.